The molecule has 0 atom stereocenters. The molecule has 0 radical (unpaired) electrons. The van der Waals surface area contributed by atoms with E-state index in [1.165, 1.54) is 10.7 Å². The monoisotopic (exact) mass is 270 g/mol. The van der Waals surface area contributed by atoms with Crippen LogP contribution in [-0.4, -0.2) is 18.2 Å². The van der Waals surface area contributed by atoms with Crippen LogP contribution in [-0.2, 0) is 17.1 Å². The van der Waals surface area contributed by atoms with E-state index in [0.717, 1.165) is 18.2 Å². The van der Waals surface area contributed by atoms with E-state index >= 15 is 0 Å². The van der Waals surface area contributed by atoms with Crippen molar-refractivity contribution in [1.29, 1.82) is 0 Å². The summed E-state index contributed by atoms with van der Waals surface area (Å²) in [4.78, 5) is -0.118. The molecule has 2 rings (SSSR count). The van der Waals surface area contributed by atoms with Gasteiger partial charge in [-0.1, -0.05) is 0 Å². The number of rotatable bonds is 3. The molecule has 0 unspecified atom stereocenters. The number of aromatic nitrogens is 2. The molecule has 0 aliphatic heterocycles. The Bertz CT molecular complexity index is 681. The number of nitrogens with one attached hydrogen (secondary N) is 1. The lowest BCUT2D eigenvalue weighted by Gasteiger charge is -2.06. The van der Waals surface area contributed by atoms with Crippen LogP contribution in [0.5, 0.6) is 0 Å². The van der Waals surface area contributed by atoms with Gasteiger partial charge in [0.25, 0.3) is 10.0 Å². The molecule has 1 aromatic heterocycles. The van der Waals surface area contributed by atoms with Gasteiger partial charge < -0.3 is 5.73 Å². The number of nitrogens with zero attached hydrogens (tertiary/aromatic N) is 2. The molecule has 96 valence electrons. The Hall–Kier alpha value is -2.09. The first-order chi connectivity index (χ1) is 8.38. The van der Waals surface area contributed by atoms with Crippen LogP contribution < -0.4 is 10.5 Å². The van der Waals surface area contributed by atoms with Crippen LogP contribution in [0.2, 0.25) is 0 Å². The summed E-state index contributed by atoms with van der Waals surface area (Å²) >= 11 is 0. The first-order valence-electron chi connectivity index (χ1n) is 4.96. The third kappa shape index (κ3) is 2.43. The molecule has 3 N–H and O–H groups in total. The van der Waals surface area contributed by atoms with Gasteiger partial charge in [0.2, 0.25) is 0 Å². The van der Waals surface area contributed by atoms with Gasteiger partial charge in [-0.05, 0) is 18.2 Å². The maximum Gasteiger partial charge on any atom is 0.263 e. The Morgan fingerprint density at radius 1 is 1.39 bits per heavy atom. The number of sulfonamides is 1. The summed E-state index contributed by atoms with van der Waals surface area (Å²) < 4.78 is 40.6. The van der Waals surface area contributed by atoms with E-state index in [9.17, 15) is 12.8 Å². The highest BCUT2D eigenvalue weighted by molar-refractivity contribution is 7.92. The first-order valence-corrected chi connectivity index (χ1v) is 6.44. The van der Waals surface area contributed by atoms with Gasteiger partial charge >= 0.3 is 0 Å². The van der Waals surface area contributed by atoms with Crippen molar-refractivity contribution < 1.29 is 12.8 Å². The van der Waals surface area contributed by atoms with Gasteiger partial charge in [0.1, 0.15) is 5.82 Å². The standard InChI is InChI=1S/C10H11FN4O2S/c1-15-5-4-10(13-15)14-18(16,17)7-2-3-8(11)9(12)6-7/h2-6H,12H2,1H3,(H,13,14). The molecule has 18 heavy (non-hydrogen) atoms. The molecule has 0 saturated heterocycles. The molecule has 1 heterocycles. The van der Waals surface area contributed by atoms with Crippen molar-refractivity contribution in [3.63, 3.8) is 0 Å². The second kappa shape index (κ2) is 4.30. The number of anilines is 2. The van der Waals surface area contributed by atoms with Crippen LogP contribution in [0, 0.1) is 5.82 Å². The first kappa shape index (κ1) is 12.4. The summed E-state index contributed by atoms with van der Waals surface area (Å²) in [6.07, 6.45) is 1.59. The van der Waals surface area contributed by atoms with E-state index in [1.54, 1.807) is 13.2 Å². The van der Waals surface area contributed by atoms with Crippen LogP contribution in [0.25, 0.3) is 0 Å². The van der Waals surface area contributed by atoms with Gasteiger partial charge in [-0.2, -0.15) is 5.10 Å². The Morgan fingerprint density at radius 3 is 2.67 bits per heavy atom. The molecule has 0 fully saturated rings. The number of nitrogens with two attached hydrogens (primary N) is 1. The number of aryl methyl sites for hydroxylation is 1. The highest BCUT2D eigenvalue weighted by atomic mass is 32.2. The zero-order valence-electron chi connectivity index (χ0n) is 9.46. The van der Waals surface area contributed by atoms with Gasteiger partial charge in [0.15, 0.2) is 5.82 Å². The van der Waals surface area contributed by atoms with E-state index in [0.29, 0.717) is 0 Å². The minimum Gasteiger partial charge on any atom is -0.396 e. The third-order valence-corrected chi connectivity index (χ3v) is 3.58. The molecule has 2 aromatic rings. The van der Waals surface area contributed by atoms with E-state index in [4.69, 9.17) is 5.73 Å². The van der Waals surface area contributed by atoms with Crippen molar-refractivity contribution in [2.24, 2.45) is 7.05 Å². The number of halogens is 1. The molecule has 1 aromatic carbocycles. The molecule has 0 aliphatic rings. The summed E-state index contributed by atoms with van der Waals surface area (Å²) in [5.74, 6) is -0.479. The highest BCUT2D eigenvalue weighted by Crippen LogP contribution is 2.18. The van der Waals surface area contributed by atoms with E-state index in [1.807, 2.05) is 0 Å². The molecule has 0 spiro atoms. The molecule has 0 aliphatic carbocycles. The van der Waals surface area contributed by atoms with Crippen LogP contribution in [0.1, 0.15) is 0 Å². The predicted molar refractivity (Wildman–Crippen MR) is 64.8 cm³/mol. The summed E-state index contributed by atoms with van der Waals surface area (Å²) in [6, 6.07) is 4.70. The average molecular weight is 270 g/mol. The van der Waals surface area contributed by atoms with Crippen molar-refractivity contribution in [3.8, 4) is 0 Å². The van der Waals surface area contributed by atoms with E-state index in [-0.39, 0.29) is 16.4 Å². The van der Waals surface area contributed by atoms with Crippen LogP contribution in [0.15, 0.2) is 35.4 Å². The molecule has 6 nitrogen and oxygen atoms in total. The van der Waals surface area contributed by atoms with Gasteiger partial charge in [0, 0.05) is 19.3 Å². The molecule has 0 saturated carbocycles. The van der Waals surface area contributed by atoms with Crippen molar-refractivity contribution in [3.05, 3.63) is 36.3 Å². The third-order valence-electron chi connectivity index (χ3n) is 2.23. The summed E-state index contributed by atoms with van der Waals surface area (Å²) in [7, 11) is -2.15. The molecule has 0 bridgehead atoms. The van der Waals surface area contributed by atoms with Crippen molar-refractivity contribution in [2.45, 2.75) is 4.90 Å². The number of benzene rings is 1. The van der Waals surface area contributed by atoms with E-state index < -0.39 is 15.8 Å². The highest BCUT2D eigenvalue weighted by Gasteiger charge is 2.16. The number of nitrogen functional groups attached to an aromatic ring is 1. The summed E-state index contributed by atoms with van der Waals surface area (Å²) in [5.41, 5.74) is 5.10. The van der Waals surface area contributed by atoms with Crippen LogP contribution in [0.4, 0.5) is 15.9 Å². The van der Waals surface area contributed by atoms with Crippen molar-refractivity contribution >= 4 is 21.5 Å². The maximum absolute atomic E-state index is 13.0. The van der Waals surface area contributed by atoms with Gasteiger partial charge in [-0.25, -0.2) is 12.8 Å². The summed E-state index contributed by atoms with van der Waals surface area (Å²) in [5, 5.41) is 3.88. The van der Waals surface area contributed by atoms with E-state index in [2.05, 4.69) is 9.82 Å². The molecule has 0 amide bonds. The fourth-order valence-electron chi connectivity index (χ4n) is 1.36. The topological polar surface area (TPSA) is 90.0 Å². The van der Waals surface area contributed by atoms with Gasteiger partial charge in [0.05, 0.1) is 10.6 Å². The minimum absolute atomic E-state index is 0.118. The largest absolute Gasteiger partial charge is 0.396 e. The molecular weight excluding hydrogens is 259 g/mol. The number of hydrogen-bond acceptors (Lipinski definition) is 4. The zero-order chi connectivity index (χ0) is 13.3. The number of hydrogen-bond donors (Lipinski definition) is 2. The van der Waals surface area contributed by atoms with Crippen LogP contribution in [0.3, 0.4) is 0 Å². The Labute approximate surface area is 103 Å². The molecule has 8 heteroatoms. The maximum atomic E-state index is 13.0. The van der Waals surface area contributed by atoms with Crippen molar-refractivity contribution in [2.75, 3.05) is 10.5 Å². The van der Waals surface area contributed by atoms with Crippen LogP contribution >= 0.6 is 0 Å². The van der Waals surface area contributed by atoms with Gasteiger partial charge in [-0.3, -0.25) is 9.40 Å². The Morgan fingerprint density at radius 2 is 2.11 bits per heavy atom. The second-order valence-electron chi connectivity index (χ2n) is 3.66. The predicted octanol–water partition coefficient (Wildman–Crippen LogP) is 0.942. The zero-order valence-corrected chi connectivity index (χ0v) is 10.3. The lowest BCUT2D eigenvalue weighted by molar-refractivity contribution is 0.599. The lowest BCUT2D eigenvalue weighted by atomic mass is 10.3. The fourth-order valence-corrected chi connectivity index (χ4v) is 2.39. The smallest absolute Gasteiger partial charge is 0.263 e. The van der Waals surface area contributed by atoms with Crippen molar-refractivity contribution in [1.82, 2.24) is 9.78 Å². The quantitative estimate of drug-likeness (QED) is 0.812. The second-order valence-corrected chi connectivity index (χ2v) is 5.35. The normalized spacial score (nSPS) is 11.4. The Balaban J connectivity index is 2.33. The van der Waals surface area contributed by atoms with Gasteiger partial charge in [-0.15, -0.1) is 0 Å². The average Bonchev–Trinajstić information content (AvgIpc) is 2.67. The molecular formula is C10H11FN4O2S. The fraction of sp³-hybridized carbons (Fsp3) is 0.100. The minimum atomic E-state index is -3.81. The lowest BCUT2D eigenvalue weighted by Crippen LogP contribution is -2.14. The summed E-state index contributed by atoms with van der Waals surface area (Å²) in [6.45, 7) is 0. The Kier molecular flexibility index (Phi) is 2.95. The SMILES string of the molecule is Cn1ccc(NS(=O)(=O)c2ccc(F)c(N)c2)n1.